The molecule has 4 rings (SSSR count). The van der Waals surface area contributed by atoms with Crippen LogP contribution in [0.2, 0.25) is 0 Å². The first-order valence-electron chi connectivity index (χ1n) is 12.1. The fourth-order valence-corrected chi connectivity index (χ4v) is 4.02. The predicted octanol–water partition coefficient (Wildman–Crippen LogP) is 6.26. The van der Waals surface area contributed by atoms with Gasteiger partial charge >= 0.3 is 6.18 Å². The van der Waals surface area contributed by atoms with E-state index in [0.717, 1.165) is 43.5 Å². The molecule has 0 fully saturated rings. The molecule has 1 atom stereocenters. The molecule has 0 aliphatic heterocycles. The Bertz CT molecular complexity index is 1310. The Balaban J connectivity index is 1.64. The maximum atomic E-state index is 13.1. The summed E-state index contributed by atoms with van der Waals surface area (Å²) in [4.78, 5) is 13.7. The average Bonchev–Trinajstić information content (AvgIpc) is 3.48. The lowest BCUT2D eigenvalue weighted by Gasteiger charge is -2.19. The summed E-state index contributed by atoms with van der Waals surface area (Å²) in [5.74, 6) is 1.77. The van der Waals surface area contributed by atoms with Crippen LogP contribution in [-0.4, -0.2) is 37.3 Å². The monoisotopic (exact) mass is 501 g/mol. The van der Waals surface area contributed by atoms with Gasteiger partial charge in [0.15, 0.2) is 5.76 Å². The van der Waals surface area contributed by atoms with Crippen molar-refractivity contribution in [3.63, 3.8) is 0 Å². The van der Waals surface area contributed by atoms with Gasteiger partial charge in [0.05, 0.1) is 18.2 Å². The Kier molecular flexibility index (Phi) is 7.63. The molecule has 36 heavy (non-hydrogen) atoms. The Hall–Kier alpha value is -3.40. The molecule has 4 aromatic rings. The maximum absolute atomic E-state index is 13.1. The van der Waals surface area contributed by atoms with E-state index in [-0.39, 0.29) is 12.6 Å². The van der Waals surface area contributed by atoms with Crippen molar-refractivity contribution in [2.24, 2.45) is 5.92 Å². The van der Waals surface area contributed by atoms with E-state index in [0.29, 0.717) is 40.1 Å². The lowest BCUT2D eigenvalue weighted by Crippen LogP contribution is -2.26. The number of benzene rings is 1. The largest absolute Gasteiger partial charge is 0.454 e. The van der Waals surface area contributed by atoms with Gasteiger partial charge in [-0.25, -0.2) is 9.97 Å². The molecule has 0 aliphatic rings. The molecule has 0 radical (unpaired) electrons. The predicted molar refractivity (Wildman–Crippen MR) is 132 cm³/mol. The van der Waals surface area contributed by atoms with Crippen LogP contribution < -0.4 is 5.32 Å². The summed E-state index contributed by atoms with van der Waals surface area (Å²) >= 11 is 0. The van der Waals surface area contributed by atoms with Crippen molar-refractivity contribution in [3.8, 4) is 17.4 Å². The summed E-state index contributed by atoms with van der Waals surface area (Å²) in [6.07, 6.45) is 2.36. The number of hydrogen-bond acceptors (Lipinski definition) is 6. The number of aromatic nitrogens is 4. The van der Waals surface area contributed by atoms with E-state index in [1.165, 1.54) is 6.07 Å². The minimum absolute atomic E-state index is 0.0147. The van der Waals surface area contributed by atoms with Gasteiger partial charge in [0.1, 0.15) is 23.4 Å². The second-order valence-electron chi connectivity index (χ2n) is 9.33. The van der Waals surface area contributed by atoms with Crippen LogP contribution in [0.1, 0.15) is 51.3 Å². The number of alkyl halides is 3. The lowest BCUT2D eigenvalue weighted by atomic mass is 10.0. The molecule has 0 bridgehead atoms. The van der Waals surface area contributed by atoms with Crippen molar-refractivity contribution >= 4 is 16.8 Å². The van der Waals surface area contributed by atoms with E-state index in [4.69, 9.17) is 4.42 Å². The topological polar surface area (TPSA) is 89.0 Å². The zero-order valence-electron chi connectivity index (χ0n) is 20.5. The zero-order valence-corrected chi connectivity index (χ0v) is 20.5. The van der Waals surface area contributed by atoms with Crippen LogP contribution in [0.25, 0.3) is 28.4 Å². The lowest BCUT2D eigenvalue weighted by molar-refractivity contribution is -0.137. The van der Waals surface area contributed by atoms with Crippen LogP contribution in [0, 0.1) is 5.92 Å². The number of furan rings is 1. The number of fused-ring (bicyclic) bond motifs is 1. The van der Waals surface area contributed by atoms with Crippen molar-refractivity contribution in [2.75, 3.05) is 11.9 Å². The number of hydrogen-bond donors (Lipinski definition) is 2. The molecular formula is C26H30F3N5O2. The van der Waals surface area contributed by atoms with Gasteiger partial charge in [-0.1, -0.05) is 27.2 Å². The van der Waals surface area contributed by atoms with E-state index in [9.17, 15) is 18.3 Å². The number of anilines is 1. The van der Waals surface area contributed by atoms with Gasteiger partial charge in [0.2, 0.25) is 5.95 Å². The van der Waals surface area contributed by atoms with Crippen molar-refractivity contribution in [1.82, 2.24) is 19.5 Å². The Morgan fingerprint density at radius 2 is 1.94 bits per heavy atom. The third kappa shape index (κ3) is 6.04. The van der Waals surface area contributed by atoms with E-state index in [1.54, 1.807) is 23.2 Å². The number of imidazole rings is 1. The van der Waals surface area contributed by atoms with Crippen LogP contribution >= 0.6 is 0 Å². The summed E-state index contributed by atoms with van der Waals surface area (Å²) in [6.45, 7) is 6.28. The molecule has 7 nitrogen and oxygen atoms in total. The number of halogens is 3. The highest BCUT2D eigenvalue weighted by atomic mass is 19.4. The normalized spacial score (nSPS) is 13.0. The molecule has 3 aromatic heterocycles. The number of nitrogens with zero attached hydrogens (tertiary/aromatic N) is 4. The fourth-order valence-electron chi connectivity index (χ4n) is 4.02. The van der Waals surface area contributed by atoms with Crippen LogP contribution in [0.5, 0.6) is 0 Å². The van der Waals surface area contributed by atoms with Gasteiger partial charge in [-0.15, -0.1) is 0 Å². The highest BCUT2D eigenvalue weighted by molar-refractivity contribution is 5.83. The molecule has 0 saturated heterocycles. The maximum Gasteiger partial charge on any atom is 0.416 e. The van der Waals surface area contributed by atoms with Crippen LogP contribution in [0.4, 0.5) is 19.0 Å². The minimum atomic E-state index is -4.43. The first-order chi connectivity index (χ1) is 17.2. The first-order valence-corrected chi connectivity index (χ1v) is 12.1. The number of aryl methyl sites for hydroxylation is 1. The molecule has 3 heterocycles. The van der Waals surface area contributed by atoms with Crippen molar-refractivity contribution < 1.29 is 22.7 Å². The minimum Gasteiger partial charge on any atom is -0.454 e. The Morgan fingerprint density at radius 1 is 1.14 bits per heavy atom. The summed E-state index contributed by atoms with van der Waals surface area (Å²) < 4.78 is 46.6. The van der Waals surface area contributed by atoms with Gasteiger partial charge in [-0.2, -0.15) is 18.2 Å². The quantitative estimate of drug-likeness (QED) is 0.267. The average molecular weight is 502 g/mol. The zero-order chi connectivity index (χ0) is 25.9. The highest BCUT2D eigenvalue weighted by Crippen LogP contribution is 2.34. The van der Waals surface area contributed by atoms with Gasteiger partial charge < -0.3 is 14.8 Å². The van der Waals surface area contributed by atoms with E-state index >= 15 is 0 Å². The third-order valence-electron chi connectivity index (χ3n) is 5.79. The molecule has 0 amide bonds. The first kappa shape index (κ1) is 25.7. The van der Waals surface area contributed by atoms with Crippen molar-refractivity contribution in [3.05, 3.63) is 54.1 Å². The summed E-state index contributed by atoms with van der Waals surface area (Å²) in [5.41, 5.74) is 0.926. The van der Waals surface area contributed by atoms with E-state index < -0.39 is 11.7 Å². The summed E-state index contributed by atoms with van der Waals surface area (Å²) in [5, 5.41) is 13.5. The SMILES string of the molecule is CCCCc1cc(N[C@H](CO)CC(C)C)nc(-n2cnc(-c3cc4cc(C(F)(F)F)ccc4o3)c2)n1. The molecule has 0 aliphatic carbocycles. The molecule has 2 N–H and O–H groups in total. The smallest absolute Gasteiger partial charge is 0.416 e. The van der Waals surface area contributed by atoms with Crippen LogP contribution in [-0.2, 0) is 12.6 Å². The standard InChI is InChI=1S/C26H30F3N5O2/c1-4-5-6-19-12-24(31-20(14-35)9-16(2)3)33-25(32-19)34-13-21(30-15-34)23-11-17-10-18(26(27,28)29)7-8-22(17)36-23/h7-8,10-13,15-16,20,35H,4-6,9,14H2,1-3H3,(H,31,32,33)/t20-/m0/s1. The second kappa shape index (κ2) is 10.7. The Labute approximate surface area is 207 Å². The van der Waals surface area contributed by atoms with Crippen LogP contribution in [0.15, 0.2) is 47.3 Å². The van der Waals surface area contributed by atoms with Crippen molar-refractivity contribution in [2.45, 2.75) is 58.7 Å². The molecular weight excluding hydrogens is 471 g/mol. The molecule has 10 heteroatoms. The fraction of sp³-hybridized carbons (Fsp3) is 0.423. The third-order valence-corrected chi connectivity index (χ3v) is 5.79. The second-order valence-corrected chi connectivity index (χ2v) is 9.33. The Morgan fingerprint density at radius 3 is 2.64 bits per heavy atom. The summed E-state index contributed by atoms with van der Waals surface area (Å²) in [6, 6.07) is 6.68. The van der Waals surface area contributed by atoms with Gasteiger partial charge in [-0.3, -0.25) is 4.57 Å². The summed E-state index contributed by atoms with van der Waals surface area (Å²) in [7, 11) is 0. The number of unbranched alkanes of at least 4 members (excludes halogenated alkanes) is 1. The molecule has 1 aromatic carbocycles. The van der Waals surface area contributed by atoms with Crippen LogP contribution in [0.3, 0.4) is 0 Å². The van der Waals surface area contributed by atoms with Gasteiger partial charge in [0, 0.05) is 23.3 Å². The number of nitrogens with one attached hydrogen (secondary N) is 1. The van der Waals surface area contributed by atoms with E-state index in [2.05, 4.69) is 41.0 Å². The number of aliphatic hydroxyl groups excluding tert-OH is 1. The molecule has 0 saturated carbocycles. The van der Waals surface area contributed by atoms with E-state index in [1.807, 2.05) is 6.07 Å². The number of rotatable bonds is 10. The van der Waals surface area contributed by atoms with Crippen molar-refractivity contribution in [1.29, 1.82) is 0 Å². The molecule has 0 unspecified atom stereocenters. The number of aliphatic hydroxyl groups is 1. The van der Waals surface area contributed by atoms with Gasteiger partial charge in [0.25, 0.3) is 0 Å². The molecule has 0 spiro atoms. The highest BCUT2D eigenvalue weighted by Gasteiger charge is 2.30. The van der Waals surface area contributed by atoms with Gasteiger partial charge in [-0.05, 0) is 49.4 Å². The molecule has 192 valence electrons.